The van der Waals surface area contributed by atoms with Crippen LogP contribution >= 0.6 is 7.60 Å². The van der Waals surface area contributed by atoms with Crippen LogP contribution in [0.1, 0.15) is 25.2 Å². The van der Waals surface area contributed by atoms with Gasteiger partial charge < -0.3 is 9.05 Å². The molecule has 1 atom stereocenters. The van der Waals surface area contributed by atoms with Gasteiger partial charge in [0.25, 0.3) is 0 Å². The van der Waals surface area contributed by atoms with Gasteiger partial charge >= 0.3 is 7.60 Å². The van der Waals surface area contributed by atoms with E-state index in [9.17, 15) is 13.0 Å². The molecule has 9 heteroatoms. The van der Waals surface area contributed by atoms with Gasteiger partial charge in [-0.3, -0.25) is 9.55 Å². The van der Waals surface area contributed by atoms with E-state index in [1.54, 1.807) is 44.2 Å². The lowest BCUT2D eigenvalue weighted by Crippen LogP contribution is -2.30. The summed E-state index contributed by atoms with van der Waals surface area (Å²) in [5.74, 6) is -1.17. The van der Waals surface area contributed by atoms with E-state index in [0.29, 0.717) is 5.56 Å². The maximum Gasteiger partial charge on any atom is 0.352 e. The second kappa shape index (κ2) is 8.69. The molecule has 0 amide bonds. The van der Waals surface area contributed by atoms with E-state index in [2.05, 4.69) is 9.71 Å². The molecule has 25 heavy (non-hydrogen) atoms. The highest BCUT2D eigenvalue weighted by Gasteiger charge is 2.40. The summed E-state index contributed by atoms with van der Waals surface area (Å²) in [6.45, 7) is 3.58. The second-order valence-corrected chi connectivity index (χ2v) is 8.83. The van der Waals surface area contributed by atoms with Gasteiger partial charge in [-0.15, -0.1) is 0 Å². The number of sulfonamides is 1. The number of nitrogens with one attached hydrogen (secondary N) is 1. The molecule has 0 fully saturated rings. The summed E-state index contributed by atoms with van der Waals surface area (Å²) in [5.41, 5.74) is 0.486. The zero-order chi connectivity index (χ0) is 18.3. The van der Waals surface area contributed by atoms with E-state index in [1.807, 2.05) is 0 Å². The van der Waals surface area contributed by atoms with Gasteiger partial charge in [0.1, 0.15) is 10.7 Å². The Hall–Kier alpha value is -1.57. The van der Waals surface area contributed by atoms with Crippen molar-refractivity contribution in [1.82, 2.24) is 9.71 Å². The van der Waals surface area contributed by atoms with Crippen molar-refractivity contribution < 1.29 is 22.0 Å². The summed E-state index contributed by atoms with van der Waals surface area (Å²) >= 11 is 0. The first kappa shape index (κ1) is 19.8. The van der Waals surface area contributed by atoms with Crippen LogP contribution in [-0.4, -0.2) is 26.6 Å². The molecule has 0 aliphatic carbocycles. The minimum absolute atomic E-state index is 0.0320. The van der Waals surface area contributed by atoms with Gasteiger partial charge in [-0.25, -0.2) is 8.42 Å². The van der Waals surface area contributed by atoms with Crippen LogP contribution in [0, 0.1) is 0 Å². The topological polar surface area (TPSA) is 94.6 Å². The average Bonchev–Trinajstić information content (AvgIpc) is 2.61. The highest BCUT2D eigenvalue weighted by atomic mass is 32.2. The maximum absolute atomic E-state index is 13.2. The van der Waals surface area contributed by atoms with Crippen LogP contribution < -0.4 is 4.72 Å². The molecule has 1 unspecified atom stereocenters. The molecule has 0 saturated carbocycles. The molecule has 7 nitrogen and oxygen atoms in total. The van der Waals surface area contributed by atoms with Gasteiger partial charge in [-0.05, 0) is 31.5 Å². The van der Waals surface area contributed by atoms with Gasteiger partial charge in [0, 0.05) is 12.4 Å². The van der Waals surface area contributed by atoms with Crippen molar-refractivity contribution in [2.75, 3.05) is 13.2 Å². The van der Waals surface area contributed by atoms with E-state index in [-0.39, 0.29) is 18.1 Å². The molecule has 0 saturated heterocycles. The molecule has 1 N–H and O–H groups in total. The van der Waals surface area contributed by atoms with Crippen molar-refractivity contribution >= 4 is 17.6 Å². The molecule has 0 radical (unpaired) electrons. The minimum atomic E-state index is -3.97. The average molecular weight is 384 g/mol. The molecular weight excluding hydrogens is 363 g/mol. The molecule has 1 aromatic heterocycles. The van der Waals surface area contributed by atoms with Crippen LogP contribution in [0.3, 0.4) is 0 Å². The molecule has 0 aliphatic heterocycles. The Balaban J connectivity index is 2.47. The smallest absolute Gasteiger partial charge is 0.308 e. The zero-order valence-corrected chi connectivity index (χ0v) is 15.7. The molecule has 136 valence electrons. The first-order valence-corrected chi connectivity index (χ1v) is 10.9. The second-order valence-electron chi connectivity index (χ2n) is 5.00. The largest absolute Gasteiger partial charge is 0.352 e. The molecule has 2 rings (SSSR count). The minimum Gasteiger partial charge on any atom is -0.308 e. The summed E-state index contributed by atoms with van der Waals surface area (Å²) in [6, 6.07) is 11.5. The number of hydrogen-bond acceptors (Lipinski definition) is 6. The van der Waals surface area contributed by atoms with Crippen LogP contribution in [0.2, 0.25) is 0 Å². The number of nitrogens with zero attached hydrogens (tertiary/aromatic N) is 1. The molecule has 2 aromatic rings. The summed E-state index contributed by atoms with van der Waals surface area (Å²) < 4.78 is 51.8. The van der Waals surface area contributed by atoms with Gasteiger partial charge in [0.05, 0.1) is 13.2 Å². The van der Waals surface area contributed by atoms with E-state index >= 15 is 0 Å². The van der Waals surface area contributed by atoms with Crippen molar-refractivity contribution in [3.05, 3.63) is 60.4 Å². The van der Waals surface area contributed by atoms with Crippen molar-refractivity contribution in [1.29, 1.82) is 0 Å². The van der Waals surface area contributed by atoms with Crippen LogP contribution in [0.4, 0.5) is 0 Å². The summed E-state index contributed by atoms with van der Waals surface area (Å²) in [7, 11) is -7.75. The standard InChI is InChI=1S/C16H21N2O5PS/c1-3-22-24(19,23-4-2)16(14-9-6-5-7-10-14)18-25(20,21)15-11-8-12-17-13-15/h5-13,16,18H,3-4H2,1-2H3. The highest BCUT2D eigenvalue weighted by molar-refractivity contribution is 7.89. The third-order valence-corrected chi connectivity index (χ3v) is 7.14. The van der Waals surface area contributed by atoms with Gasteiger partial charge in [0.2, 0.25) is 10.0 Å². The summed E-state index contributed by atoms with van der Waals surface area (Å²) in [6.07, 6.45) is 2.69. The van der Waals surface area contributed by atoms with Crippen LogP contribution in [0.15, 0.2) is 59.8 Å². The molecule has 1 heterocycles. The number of pyridine rings is 1. The van der Waals surface area contributed by atoms with Gasteiger partial charge in [-0.2, -0.15) is 4.72 Å². The van der Waals surface area contributed by atoms with E-state index in [0.717, 1.165) is 0 Å². The maximum atomic E-state index is 13.2. The molecule has 0 aliphatic rings. The first-order valence-electron chi connectivity index (χ1n) is 7.79. The van der Waals surface area contributed by atoms with Crippen molar-refractivity contribution in [3.63, 3.8) is 0 Å². The number of hydrogen-bond donors (Lipinski definition) is 1. The number of rotatable bonds is 9. The Labute approximate surface area is 148 Å². The third-order valence-electron chi connectivity index (χ3n) is 3.26. The number of aromatic nitrogens is 1. The fourth-order valence-corrected chi connectivity index (χ4v) is 5.80. The Bertz CT molecular complexity index is 805. The quantitative estimate of drug-likeness (QED) is 0.667. The number of benzene rings is 1. The Morgan fingerprint density at radius 3 is 2.24 bits per heavy atom. The lowest BCUT2D eigenvalue weighted by atomic mass is 10.2. The molecule has 1 aromatic carbocycles. The SMILES string of the molecule is CCOP(=O)(OCC)C(NS(=O)(=O)c1cccnc1)c1ccccc1. The molecule has 0 spiro atoms. The molecular formula is C16H21N2O5PS. The van der Waals surface area contributed by atoms with Crippen LogP contribution in [0.25, 0.3) is 0 Å². The highest BCUT2D eigenvalue weighted by Crippen LogP contribution is 2.59. The van der Waals surface area contributed by atoms with Crippen LogP contribution in [0.5, 0.6) is 0 Å². The predicted octanol–water partition coefficient (Wildman–Crippen LogP) is 3.32. The normalized spacial score (nSPS) is 13.5. The fourth-order valence-electron chi connectivity index (χ4n) is 2.22. The van der Waals surface area contributed by atoms with Crippen LogP contribution in [-0.2, 0) is 23.6 Å². The fraction of sp³-hybridized carbons (Fsp3) is 0.312. The van der Waals surface area contributed by atoms with Crippen molar-refractivity contribution in [3.8, 4) is 0 Å². The monoisotopic (exact) mass is 384 g/mol. The Kier molecular flexibility index (Phi) is 6.87. The summed E-state index contributed by atoms with van der Waals surface area (Å²) in [4.78, 5) is 3.78. The van der Waals surface area contributed by atoms with E-state index < -0.39 is 23.4 Å². The lowest BCUT2D eigenvalue weighted by Gasteiger charge is -2.27. The summed E-state index contributed by atoms with van der Waals surface area (Å²) in [5, 5.41) is 0. The van der Waals surface area contributed by atoms with E-state index in [1.165, 1.54) is 24.5 Å². The Morgan fingerprint density at radius 1 is 1.08 bits per heavy atom. The zero-order valence-electron chi connectivity index (χ0n) is 14.0. The van der Waals surface area contributed by atoms with Crippen molar-refractivity contribution in [2.45, 2.75) is 24.5 Å². The first-order chi connectivity index (χ1) is 11.9. The van der Waals surface area contributed by atoms with Gasteiger partial charge in [-0.1, -0.05) is 30.3 Å². The van der Waals surface area contributed by atoms with Crippen molar-refractivity contribution in [2.24, 2.45) is 0 Å². The van der Waals surface area contributed by atoms with E-state index in [4.69, 9.17) is 9.05 Å². The third kappa shape index (κ3) is 4.96. The predicted molar refractivity (Wildman–Crippen MR) is 94.6 cm³/mol. The molecule has 0 bridgehead atoms. The van der Waals surface area contributed by atoms with Gasteiger partial charge in [0.15, 0.2) is 0 Å². The lowest BCUT2D eigenvalue weighted by molar-refractivity contribution is 0.210. The Morgan fingerprint density at radius 2 is 1.72 bits per heavy atom.